The summed E-state index contributed by atoms with van der Waals surface area (Å²) in [5.41, 5.74) is 6.47. The van der Waals surface area contributed by atoms with E-state index in [1.807, 2.05) is 27.7 Å². The van der Waals surface area contributed by atoms with E-state index in [9.17, 15) is 29.4 Å². The molecule has 1 amide bonds. The van der Waals surface area contributed by atoms with Gasteiger partial charge in [0.1, 0.15) is 54.9 Å². The van der Waals surface area contributed by atoms with Crippen LogP contribution < -0.4 is 5.73 Å². The minimum absolute atomic E-state index is 0.00867. The third-order valence-corrected chi connectivity index (χ3v) is 12.3. The maximum absolute atomic E-state index is 13.8. The number of oxazole rings is 3. The minimum atomic E-state index is -1.07. The van der Waals surface area contributed by atoms with Crippen LogP contribution in [0.4, 0.5) is 4.79 Å². The molecule has 0 fully saturated rings. The van der Waals surface area contributed by atoms with Crippen LogP contribution in [-0.2, 0) is 38.1 Å². The lowest BCUT2D eigenvalue weighted by Gasteiger charge is -2.33. The van der Waals surface area contributed by atoms with Gasteiger partial charge in [-0.15, -0.1) is 0 Å². The number of Topliss-reactive ketones (excluding diaryl/α,β-unsaturated/α-hetero) is 1. The summed E-state index contributed by atoms with van der Waals surface area (Å²) in [7, 11) is 4.57. The standard InChI is InChI=1S/C45H66N4O14/c1-24-17-30(62-45(46)55)19-40(54)63-38(20-37(56-7)25(2)13-14-35(52)28(5)41(57-8)26(3)15-16-50)27(4)34(51)11-10-12-39-47-32(22-59-39)43-49-33(23-61-43)44-48-31(21-60-44)42(58-9)29(6)36(53)18-24/h10,12,16,21-30,34,36-38,41-42,51,53H,11,13-15,17-20H2,1-9H3,(H2,46,55)/b12-10+. The fraction of sp³-hybridized carbons (Fsp3) is 0.667. The van der Waals surface area contributed by atoms with Crippen molar-refractivity contribution in [1.82, 2.24) is 15.0 Å². The van der Waals surface area contributed by atoms with Crippen LogP contribution in [0.15, 0.2) is 38.1 Å². The first kappa shape index (κ1) is 50.9. The molecular formula is C45H66N4O14. The molecule has 1 aliphatic heterocycles. The quantitative estimate of drug-likeness (QED) is 0.108. The van der Waals surface area contributed by atoms with Gasteiger partial charge in [0.2, 0.25) is 17.7 Å². The number of nitrogens with two attached hydrogens (primary N) is 1. The lowest BCUT2D eigenvalue weighted by molar-refractivity contribution is -0.159. The Kier molecular flexibility index (Phi) is 19.7. The Labute approximate surface area is 368 Å². The van der Waals surface area contributed by atoms with Crippen molar-refractivity contribution in [3.8, 4) is 23.2 Å². The van der Waals surface area contributed by atoms with Gasteiger partial charge in [-0.05, 0) is 49.5 Å². The zero-order valence-electron chi connectivity index (χ0n) is 37.8. The molecule has 0 spiro atoms. The number of amides is 1. The van der Waals surface area contributed by atoms with Gasteiger partial charge in [0, 0.05) is 58.3 Å². The van der Waals surface area contributed by atoms with Crippen molar-refractivity contribution in [2.75, 3.05) is 21.3 Å². The van der Waals surface area contributed by atoms with Crippen molar-refractivity contribution in [3.05, 3.63) is 36.5 Å². The van der Waals surface area contributed by atoms with Crippen LogP contribution in [0.1, 0.15) is 111 Å². The van der Waals surface area contributed by atoms with E-state index in [-0.39, 0.29) is 86.2 Å². The first-order valence-electron chi connectivity index (χ1n) is 21.6. The number of esters is 1. The molecule has 0 aromatic carbocycles. The molecular weight excluding hydrogens is 821 g/mol. The molecule has 4 heterocycles. The number of aliphatic hydroxyl groups is 2. The maximum atomic E-state index is 13.8. The van der Waals surface area contributed by atoms with Crippen LogP contribution in [0.5, 0.6) is 0 Å². The number of ketones is 1. The Morgan fingerprint density at radius 3 is 2.25 bits per heavy atom. The molecule has 4 rings (SSSR count). The van der Waals surface area contributed by atoms with E-state index >= 15 is 0 Å². The normalized spacial score (nSPS) is 27.1. The van der Waals surface area contributed by atoms with Gasteiger partial charge in [-0.2, -0.15) is 0 Å². The fourth-order valence-electron chi connectivity index (χ4n) is 8.32. The highest BCUT2D eigenvalue weighted by molar-refractivity contribution is 5.81. The monoisotopic (exact) mass is 886 g/mol. The fourth-order valence-corrected chi connectivity index (χ4v) is 8.32. The number of methoxy groups -OCH3 is 3. The molecule has 4 N–H and O–H groups in total. The number of cyclic esters (lactones) is 1. The molecule has 0 radical (unpaired) electrons. The predicted molar refractivity (Wildman–Crippen MR) is 227 cm³/mol. The first-order chi connectivity index (χ1) is 30.0. The number of aldehydes is 1. The van der Waals surface area contributed by atoms with Crippen LogP contribution >= 0.6 is 0 Å². The lowest BCUT2D eigenvalue weighted by atomic mass is 9.84. The van der Waals surface area contributed by atoms with Crippen LogP contribution in [-0.4, -0.2) is 107 Å². The van der Waals surface area contributed by atoms with Gasteiger partial charge in [-0.3, -0.25) is 9.59 Å². The van der Waals surface area contributed by atoms with Gasteiger partial charge in [0.25, 0.3) is 0 Å². The number of aromatic nitrogens is 3. The average molecular weight is 887 g/mol. The third-order valence-electron chi connectivity index (χ3n) is 12.3. The van der Waals surface area contributed by atoms with Crippen molar-refractivity contribution in [3.63, 3.8) is 0 Å². The van der Waals surface area contributed by atoms with E-state index in [1.165, 1.54) is 40.1 Å². The van der Waals surface area contributed by atoms with Gasteiger partial charge in [0.05, 0.1) is 30.8 Å². The number of ether oxygens (including phenoxy) is 5. The van der Waals surface area contributed by atoms with Crippen LogP contribution in [0, 0.1) is 35.5 Å². The second kappa shape index (κ2) is 24.4. The number of carbonyl (C=O) groups excluding carboxylic acids is 4. The molecule has 6 bridgehead atoms. The number of hydrogen-bond acceptors (Lipinski definition) is 17. The Hall–Kier alpha value is -4.75. The Balaban J connectivity index is 1.60. The van der Waals surface area contributed by atoms with Crippen molar-refractivity contribution >= 4 is 30.2 Å². The van der Waals surface area contributed by atoms with Gasteiger partial charge in [-0.1, -0.05) is 47.6 Å². The van der Waals surface area contributed by atoms with Crippen molar-refractivity contribution in [1.29, 1.82) is 0 Å². The zero-order valence-corrected chi connectivity index (χ0v) is 37.8. The third kappa shape index (κ3) is 14.4. The van der Waals surface area contributed by atoms with Crippen LogP contribution in [0.2, 0.25) is 0 Å². The summed E-state index contributed by atoms with van der Waals surface area (Å²) in [6.45, 7) is 11.0. The van der Waals surface area contributed by atoms with Crippen LogP contribution in [0.25, 0.3) is 29.2 Å². The molecule has 1 aliphatic rings. The van der Waals surface area contributed by atoms with E-state index in [0.29, 0.717) is 23.5 Å². The Morgan fingerprint density at radius 2 is 1.59 bits per heavy atom. The van der Waals surface area contributed by atoms with Gasteiger partial charge in [0.15, 0.2) is 11.4 Å². The molecule has 13 unspecified atom stereocenters. The summed E-state index contributed by atoms with van der Waals surface area (Å²) in [5.74, 6) is -2.31. The van der Waals surface area contributed by atoms with Crippen LogP contribution in [0.3, 0.4) is 0 Å². The smallest absolute Gasteiger partial charge is 0.404 e. The molecule has 350 valence electrons. The van der Waals surface area contributed by atoms with Gasteiger partial charge in [-0.25, -0.2) is 19.7 Å². The number of aliphatic hydroxyl groups excluding tert-OH is 2. The average Bonchev–Trinajstić information content (AvgIpc) is 4.03. The van der Waals surface area contributed by atoms with E-state index in [2.05, 4.69) is 15.0 Å². The highest BCUT2D eigenvalue weighted by atomic mass is 16.6. The summed E-state index contributed by atoms with van der Waals surface area (Å²) in [6, 6.07) is 0. The van der Waals surface area contributed by atoms with E-state index in [1.54, 1.807) is 26.0 Å². The maximum Gasteiger partial charge on any atom is 0.404 e. The highest BCUT2D eigenvalue weighted by Crippen LogP contribution is 2.34. The van der Waals surface area contributed by atoms with E-state index in [4.69, 9.17) is 42.7 Å². The lowest BCUT2D eigenvalue weighted by Crippen LogP contribution is -2.39. The van der Waals surface area contributed by atoms with Gasteiger partial charge >= 0.3 is 12.1 Å². The number of nitrogens with zero attached hydrogens (tertiary/aromatic N) is 3. The molecule has 0 aliphatic carbocycles. The Morgan fingerprint density at radius 1 is 0.905 bits per heavy atom. The molecule has 3 aromatic rings. The highest BCUT2D eigenvalue weighted by Gasteiger charge is 2.35. The zero-order chi connectivity index (χ0) is 46.4. The van der Waals surface area contributed by atoms with Crippen molar-refractivity contribution in [2.45, 2.75) is 136 Å². The molecule has 0 saturated carbocycles. The minimum Gasteiger partial charge on any atom is -0.462 e. The second-order valence-electron chi connectivity index (χ2n) is 17.1. The Bertz CT molecular complexity index is 1930. The molecule has 3 aromatic heterocycles. The van der Waals surface area contributed by atoms with Crippen molar-refractivity contribution in [2.24, 2.45) is 41.2 Å². The first-order valence-corrected chi connectivity index (χ1v) is 21.6. The number of carbonyl (C=O) groups is 4. The van der Waals surface area contributed by atoms with E-state index in [0.717, 1.165) is 6.29 Å². The molecule has 18 heteroatoms. The summed E-state index contributed by atoms with van der Waals surface area (Å²) in [6.07, 6.45) is 3.11. The summed E-state index contributed by atoms with van der Waals surface area (Å²) in [5, 5.41) is 22.9. The SMILES string of the molecule is COC(CC1OC(=O)CC(OC(N)=O)CC(C)CC(O)C(C)C(OC)c2coc(n2)-c2coc(n2)-c2coc(n2)/C=C/CC(O)C1C)C(C)CCC(=O)C(C)C(OC)C(C)CC=O. The van der Waals surface area contributed by atoms with E-state index < -0.39 is 72.5 Å². The van der Waals surface area contributed by atoms with Gasteiger partial charge < -0.3 is 57.7 Å². The summed E-state index contributed by atoms with van der Waals surface area (Å²) >= 11 is 0. The second-order valence-corrected chi connectivity index (χ2v) is 17.1. The topological polar surface area (TPSA) is 259 Å². The summed E-state index contributed by atoms with van der Waals surface area (Å²) < 4.78 is 45.8. The number of hydrogen-bond donors (Lipinski definition) is 3. The largest absolute Gasteiger partial charge is 0.462 e. The molecule has 63 heavy (non-hydrogen) atoms. The predicted octanol–water partition coefficient (Wildman–Crippen LogP) is 6.53. The number of rotatable bonds is 15. The molecule has 0 saturated heterocycles. The number of primary amides is 1. The number of fused-ring (bicyclic) bond motifs is 8. The molecule has 13 atom stereocenters. The summed E-state index contributed by atoms with van der Waals surface area (Å²) in [4.78, 5) is 63.8. The van der Waals surface area contributed by atoms with Crippen molar-refractivity contribution < 1.29 is 66.3 Å². The molecule has 18 nitrogen and oxygen atoms in total.